The fourth-order valence-corrected chi connectivity index (χ4v) is 5.59. The maximum Gasteiger partial charge on any atom is 0.153 e. The van der Waals surface area contributed by atoms with Gasteiger partial charge in [-0.15, -0.1) is 0 Å². The highest BCUT2D eigenvalue weighted by molar-refractivity contribution is 5.84. The van der Waals surface area contributed by atoms with Crippen LogP contribution < -0.4 is 4.90 Å². The Labute approximate surface area is 172 Å². The van der Waals surface area contributed by atoms with Crippen molar-refractivity contribution in [3.63, 3.8) is 0 Å². The molecule has 5 rings (SSSR count). The first-order chi connectivity index (χ1) is 14.1. The molecule has 2 aromatic heterocycles. The summed E-state index contributed by atoms with van der Waals surface area (Å²) in [7, 11) is 0. The zero-order chi connectivity index (χ0) is 20.0. The minimum atomic E-state index is -0.0849. The van der Waals surface area contributed by atoms with Crippen LogP contribution in [0.15, 0.2) is 30.5 Å². The maximum absolute atomic E-state index is 10.1. The molecule has 29 heavy (non-hydrogen) atoms. The van der Waals surface area contributed by atoms with Gasteiger partial charge in [0, 0.05) is 30.4 Å². The second-order valence-corrected chi connectivity index (χ2v) is 9.01. The van der Waals surface area contributed by atoms with E-state index < -0.39 is 0 Å². The summed E-state index contributed by atoms with van der Waals surface area (Å²) in [6, 6.07) is 8.36. The van der Waals surface area contributed by atoms with Crippen LogP contribution in [0.4, 0.5) is 5.82 Å². The number of aryl methyl sites for hydroxylation is 1. The molecule has 1 saturated heterocycles. The number of aromatic amines is 1. The maximum atomic E-state index is 10.1. The van der Waals surface area contributed by atoms with Crippen LogP contribution in [0, 0.1) is 18.3 Å². The molecule has 5 nitrogen and oxygen atoms in total. The van der Waals surface area contributed by atoms with E-state index in [1.54, 1.807) is 0 Å². The van der Waals surface area contributed by atoms with Crippen molar-refractivity contribution < 1.29 is 5.11 Å². The Hall–Kier alpha value is -2.40. The Morgan fingerprint density at radius 1 is 1.17 bits per heavy atom. The topological polar surface area (TPSA) is 65.0 Å². The average Bonchev–Trinajstić information content (AvgIpc) is 3.35. The zero-order valence-corrected chi connectivity index (χ0v) is 17.4. The number of fused-ring (bicyclic) bond motifs is 1. The molecular formula is C24H30N4O. The Bertz CT molecular complexity index is 1030. The van der Waals surface area contributed by atoms with Gasteiger partial charge >= 0.3 is 0 Å². The van der Waals surface area contributed by atoms with Crippen molar-refractivity contribution in [3.8, 4) is 11.3 Å². The van der Waals surface area contributed by atoms with Crippen LogP contribution in [0.2, 0.25) is 0 Å². The molecule has 152 valence electrons. The number of aromatic nitrogens is 3. The van der Waals surface area contributed by atoms with Gasteiger partial charge in [-0.1, -0.05) is 31.9 Å². The number of aliphatic hydroxyl groups is 1. The van der Waals surface area contributed by atoms with Gasteiger partial charge in [-0.2, -0.15) is 0 Å². The molecule has 1 aromatic carbocycles. The summed E-state index contributed by atoms with van der Waals surface area (Å²) in [6.07, 6.45) is 8.53. The van der Waals surface area contributed by atoms with E-state index in [9.17, 15) is 5.11 Å². The van der Waals surface area contributed by atoms with Gasteiger partial charge in [-0.3, -0.25) is 0 Å². The lowest BCUT2D eigenvalue weighted by Gasteiger charge is -2.43. The van der Waals surface area contributed by atoms with Crippen molar-refractivity contribution in [2.75, 3.05) is 18.0 Å². The third-order valence-electron chi connectivity index (χ3n) is 7.52. The molecule has 1 aliphatic carbocycles. The first-order valence-corrected chi connectivity index (χ1v) is 10.9. The van der Waals surface area contributed by atoms with Crippen molar-refractivity contribution in [2.45, 2.75) is 52.6 Å². The average molecular weight is 391 g/mol. The zero-order valence-electron chi connectivity index (χ0n) is 17.4. The molecule has 2 aliphatic rings. The molecule has 0 unspecified atom stereocenters. The van der Waals surface area contributed by atoms with Crippen molar-refractivity contribution in [1.29, 1.82) is 0 Å². The van der Waals surface area contributed by atoms with Crippen LogP contribution in [0.25, 0.3) is 22.2 Å². The summed E-state index contributed by atoms with van der Waals surface area (Å²) in [5.41, 5.74) is 5.11. The Morgan fingerprint density at radius 3 is 2.72 bits per heavy atom. The molecule has 2 N–H and O–H groups in total. The normalized spacial score (nSPS) is 21.3. The van der Waals surface area contributed by atoms with Crippen LogP contribution in [0.1, 0.15) is 50.4 Å². The minimum Gasteiger partial charge on any atom is -0.390 e. The van der Waals surface area contributed by atoms with E-state index in [2.05, 4.69) is 41.1 Å². The fourth-order valence-electron chi connectivity index (χ4n) is 5.59. The number of benzene rings is 1. The molecule has 3 aromatic rings. The Kier molecular flexibility index (Phi) is 4.58. The number of rotatable bonds is 3. The summed E-state index contributed by atoms with van der Waals surface area (Å²) in [5, 5.41) is 11.2. The van der Waals surface area contributed by atoms with Gasteiger partial charge in [-0.25, -0.2) is 9.97 Å². The van der Waals surface area contributed by atoms with Gasteiger partial charge in [0.1, 0.15) is 5.69 Å². The predicted molar refractivity (Wildman–Crippen MR) is 117 cm³/mol. The molecule has 0 amide bonds. The highest BCUT2D eigenvalue weighted by Gasteiger charge is 2.42. The van der Waals surface area contributed by atoms with Gasteiger partial charge in [0.15, 0.2) is 5.82 Å². The predicted octanol–water partition coefficient (Wildman–Crippen LogP) is 4.83. The van der Waals surface area contributed by atoms with Crippen LogP contribution >= 0.6 is 0 Å². The molecular weight excluding hydrogens is 360 g/mol. The fraction of sp³-hybridized carbons (Fsp3) is 0.500. The third-order valence-corrected chi connectivity index (χ3v) is 7.52. The molecule has 0 radical (unpaired) electrons. The standard InChI is InChI=1S/C24H30N4O/c1-16-4-3-8-24(16)9-12-28(13-10-24)23-21(15-29)27-22(17(2)26-23)19-6-5-18-7-11-25-20(18)14-19/h5-7,11,14,16,25,29H,3-4,8-10,12-13,15H2,1-2H3/t16-/m1/s1. The molecule has 1 saturated carbocycles. The molecule has 5 heteroatoms. The number of piperidine rings is 1. The third kappa shape index (κ3) is 3.12. The van der Waals surface area contributed by atoms with Gasteiger partial charge < -0.3 is 15.0 Å². The summed E-state index contributed by atoms with van der Waals surface area (Å²) in [5.74, 6) is 1.70. The first kappa shape index (κ1) is 18.6. The molecule has 1 aliphatic heterocycles. The number of anilines is 1. The van der Waals surface area contributed by atoms with Crippen LogP contribution in [0.5, 0.6) is 0 Å². The molecule has 3 heterocycles. The molecule has 1 spiro atoms. The smallest absolute Gasteiger partial charge is 0.153 e. The monoisotopic (exact) mass is 390 g/mol. The number of hydrogen-bond acceptors (Lipinski definition) is 4. The van der Waals surface area contributed by atoms with E-state index in [1.165, 1.54) is 37.5 Å². The molecule has 2 fully saturated rings. The lowest BCUT2D eigenvalue weighted by molar-refractivity contribution is 0.161. The van der Waals surface area contributed by atoms with E-state index in [1.807, 2.05) is 13.1 Å². The summed E-state index contributed by atoms with van der Waals surface area (Å²) in [6.45, 7) is 6.40. The number of nitrogens with zero attached hydrogens (tertiary/aromatic N) is 3. The lowest BCUT2D eigenvalue weighted by Crippen LogP contribution is -2.42. The second-order valence-electron chi connectivity index (χ2n) is 9.01. The second kappa shape index (κ2) is 7.13. The number of hydrogen-bond donors (Lipinski definition) is 2. The highest BCUT2D eigenvalue weighted by atomic mass is 16.3. The minimum absolute atomic E-state index is 0.0849. The molecule has 1 atom stereocenters. The van der Waals surface area contributed by atoms with E-state index in [0.29, 0.717) is 11.1 Å². The summed E-state index contributed by atoms with van der Waals surface area (Å²) in [4.78, 5) is 15.4. The quantitative estimate of drug-likeness (QED) is 0.672. The van der Waals surface area contributed by atoms with Gasteiger partial charge in [-0.05, 0) is 55.0 Å². The van der Waals surface area contributed by atoms with Crippen molar-refractivity contribution in [2.24, 2.45) is 11.3 Å². The SMILES string of the molecule is Cc1nc(N2CCC3(CCC[C@H]3C)CC2)c(CO)nc1-c1ccc2cc[nH]c2c1. The van der Waals surface area contributed by atoms with Crippen LogP contribution in [-0.2, 0) is 6.61 Å². The van der Waals surface area contributed by atoms with Crippen molar-refractivity contribution in [1.82, 2.24) is 15.0 Å². The van der Waals surface area contributed by atoms with E-state index in [4.69, 9.17) is 9.97 Å². The molecule has 0 bridgehead atoms. The van der Waals surface area contributed by atoms with E-state index >= 15 is 0 Å². The van der Waals surface area contributed by atoms with Crippen LogP contribution in [-0.4, -0.2) is 33.1 Å². The number of H-pyrrole nitrogens is 1. The Balaban J connectivity index is 1.45. The van der Waals surface area contributed by atoms with E-state index in [0.717, 1.165) is 47.3 Å². The summed E-state index contributed by atoms with van der Waals surface area (Å²) >= 11 is 0. The van der Waals surface area contributed by atoms with Crippen molar-refractivity contribution >= 4 is 16.7 Å². The van der Waals surface area contributed by atoms with E-state index in [-0.39, 0.29) is 6.61 Å². The first-order valence-electron chi connectivity index (χ1n) is 10.9. The van der Waals surface area contributed by atoms with Gasteiger partial charge in [0.05, 0.1) is 18.0 Å². The number of nitrogens with one attached hydrogen (secondary N) is 1. The lowest BCUT2D eigenvalue weighted by atomic mass is 9.71. The largest absolute Gasteiger partial charge is 0.390 e. The van der Waals surface area contributed by atoms with Crippen molar-refractivity contribution in [3.05, 3.63) is 41.9 Å². The van der Waals surface area contributed by atoms with Crippen LogP contribution in [0.3, 0.4) is 0 Å². The summed E-state index contributed by atoms with van der Waals surface area (Å²) < 4.78 is 0. The van der Waals surface area contributed by atoms with Gasteiger partial charge in [0.25, 0.3) is 0 Å². The number of aliphatic hydroxyl groups excluding tert-OH is 1. The highest BCUT2D eigenvalue weighted by Crippen LogP contribution is 2.50. The Morgan fingerprint density at radius 2 is 2.00 bits per heavy atom. The van der Waals surface area contributed by atoms with Gasteiger partial charge in [0.2, 0.25) is 0 Å².